The van der Waals surface area contributed by atoms with Gasteiger partial charge in [0.1, 0.15) is 0 Å². The Morgan fingerprint density at radius 1 is 1.23 bits per heavy atom. The predicted octanol–water partition coefficient (Wildman–Crippen LogP) is 5.07. The highest BCUT2D eigenvalue weighted by atomic mass is 35.5. The van der Waals surface area contributed by atoms with Crippen molar-refractivity contribution < 1.29 is 4.79 Å². The Labute approximate surface area is 186 Å². The highest BCUT2D eigenvalue weighted by molar-refractivity contribution is 7.97. The van der Waals surface area contributed by atoms with Gasteiger partial charge in [0, 0.05) is 22.3 Å². The molecule has 0 aliphatic carbocycles. The van der Waals surface area contributed by atoms with Crippen molar-refractivity contribution in [3.8, 4) is 5.69 Å². The van der Waals surface area contributed by atoms with Gasteiger partial charge in [0.2, 0.25) is 0 Å². The number of nitrogens with zero attached hydrogens (tertiary/aromatic N) is 4. The molecule has 2 aromatic heterocycles. The second kappa shape index (κ2) is 10.1. The fraction of sp³-hybridized carbons (Fsp3) is 0.318. The fourth-order valence-corrected chi connectivity index (χ4v) is 4.05. The largest absolute Gasteiger partial charge is 0.345 e. The van der Waals surface area contributed by atoms with Crippen LogP contribution < -0.4 is 5.32 Å². The minimum Gasteiger partial charge on any atom is -0.345 e. The van der Waals surface area contributed by atoms with Gasteiger partial charge < -0.3 is 5.32 Å². The van der Waals surface area contributed by atoms with Crippen molar-refractivity contribution in [3.05, 3.63) is 70.8 Å². The van der Waals surface area contributed by atoms with E-state index in [-0.39, 0.29) is 11.9 Å². The summed E-state index contributed by atoms with van der Waals surface area (Å²) in [5.74, 6) is -0.142. The monoisotopic (exact) mass is 443 g/mol. The van der Waals surface area contributed by atoms with Crippen LogP contribution in [0.5, 0.6) is 0 Å². The number of aromatic nitrogens is 3. The normalized spacial score (nSPS) is 12.2. The SMILES string of the molecule is CCCC(NC(=O)c1cnn(-c2ccc(Cl)cc2)c1C)c1cncc(SN(C)C)c1. The van der Waals surface area contributed by atoms with E-state index in [1.165, 1.54) is 0 Å². The molecular weight excluding hydrogens is 418 g/mol. The molecule has 3 rings (SSSR count). The molecule has 8 heteroatoms. The van der Waals surface area contributed by atoms with Crippen LogP contribution in [0.15, 0.2) is 53.8 Å². The smallest absolute Gasteiger partial charge is 0.255 e. The van der Waals surface area contributed by atoms with Crippen LogP contribution in [0.3, 0.4) is 0 Å². The van der Waals surface area contributed by atoms with E-state index in [2.05, 4.69) is 28.4 Å². The second-order valence-corrected chi connectivity index (χ2v) is 9.02. The number of pyridine rings is 1. The highest BCUT2D eigenvalue weighted by Gasteiger charge is 2.20. The van der Waals surface area contributed by atoms with Crippen LogP contribution >= 0.6 is 23.5 Å². The summed E-state index contributed by atoms with van der Waals surface area (Å²) in [6.45, 7) is 4.00. The first-order chi connectivity index (χ1) is 14.4. The standard InChI is InChI=1S/C22H26ClN5OS/c1-5-6-21(16-11-19(13-24-12-16)30-27(3)4)26-22(29)20-14-25-28(15(20)2)18-9-7-17(23)8-10-18/h7-14,21H,5-6H2,1-4H3,(H,26,29). The summed E-state index contributed by atoms with van der Waals surface area (Å²) in [5.41, 5.74) is 3.19. The van der Waals surface area contributed by atoms with E-state index in [1.54, 1.807) is 35.0 Å². The molecule has 1 unspecified atom stereocenters. The predicted molar refractivity (Wildman–Crippen MR) is 122 cm³/mol. The number of carbonyl (C=O) groups excluding carboxylic acids is 1. The van der Waals surface area contributed by atoms with Gasteiger partial charge >= 0.3 is 0 Å². The van der Waals surface area contributed by atoms with Crippen molar-refractivity contribution >= 4 is 29.5 Å². The van der Waals surface area contributed by atoms with Crippen molar-refractivity contribution in [1.29, 1.82) is 0 Å². The highest BCUT2D eigenvalue weighted by Crippen LogP contribution is 2.25. The zero-order chi connectivity index (χ0) is 21.7. The fourth-order valence-electron chi connectivity index (χ4n) is 3.21. The Kier molecular flexibility index (Phi) is 7.53. The first-order valence-electron chi connectivity index (χ1n) is 9.80. The third kappa shape index (κ3) is 5.41. The quantitative estimate of drug-likeness (QED) is 0.492. The van der Waals surface area contributed by atoms with Gasteiger partial charge in [-0.3, -0.25) is 14.1 Å². The summed E-state index contributed by atoms with van der Waals surface area (Å²) in [5, 5.41) is 8.23. The molecule has 0 spiro atoms. The average Bonchev–Trinajstić information content (AvgIpc) is 3.09. The van der Waals surface area contributed by atoms with Gasteiger partial charge in [0.05, 0.1) is 29.2 Å². The molecule has 30 heavy (non-hydrogen) atoms. The molecule has 158 valence electrons. The van der Waals surface area contributed by atoms with Crippen molar-refractivity contribution in [2.75, 3.05) is 14.1 Å². The minimum atomic E-state index is -0.142. The van der Waals surface area contributed by atoms with E-state index in [0.29, 0.717) is 10.6 Å². The van der Waals surface area contributed by atoms with Gasteiger partial charge in [-0.15, -0.1) is 0 Å². The molecule has 1 aromatic carbocycles. The van der Waals surface area contributed by atoms with Crippen LogP contribution in [0.1, 0.15) is 47.4 Å². The maximum atomic E-state index is 13.1. The van der Waals surface area contributed by atoms with E-state index in [0.717, 1.165) is 34.7 Å². The lowest BCUT2D eigenvalue weighted by atomic mass is 10.0. The number of hydrogen-bond donors (Lipinski definition) is 1. The van der Waals surface area contributed by atoms with Crippen LogP contribution in [-0.2, 0) is 0 Å². The number of carbonyl (C=O) groups is 1. The van der Waals surface area contributed by atoms with Crippen molar-refractivity contribution in [1.82, 2.24) is 24.4 Å². The second-order valence-electron chi connectivity index (χ2n) is 7.20. The van der Waals surface area contributed by atoms with Crippen LogP contribution in [0.4, 0.5) is 0 Å². The van der Waals surface area contributed by atoms with Gasteiger partial charge in [0.25, 0.3) is 5.91 Å². The Morgan fingerprint density at radius 3 is 2.63 bits per heavy atom. The van der Waals surface area contributed by atoms with E-state index in [1.807, 2.05) is 49.9 Å². The van der Waals surface area contributed by atoms with E-state index >= 15 is 0 Å². The van der Waals surface area contributed by atoms with Gasteiger partial charge in [0.15, 0.2) is 0 Å². The topological polar surface area (TPSA) is 63.1 Å². The summed E-state index contributed by atoms with van der Waals surface area (Å²) in [6.07, 6.45) is 7.04. The lowest BCUT2D eigenvalue weighted by Gasteiger charge is -2.19. The van der Waals surface area contributed by atoms with Crippen LogP contribution in [0.2, 0.25) is 5.02 Å². The van der Waals surface area contributed by atoms with E-state index in [9.17, 15) is 4.79 Å². The molecular formula is C22H26ClN5OS. The summed E-state index contributed by atoms with van der Waals surface area (Å²) in [4.78, 5) is 18.5. The number of rotatable bonds is 8. The molecule has 0 saturated heterocycles. The van der Waals surface area contributed by atoms with Crippen molar-refractivity contribution in [3.63, 3.8) is 0 Å². The molecule has 0 saturated carbocycles. The summed E-state index contributed by atoms with van der Waals surface area (Å²) < 4.78 is 3.76. The molecule has 1 N–H and O–H groups in total. The zero-order valence-electron chi connectivity index (χ0n) is 17.6. The average molecular weight is 444 g/mol. The molecule has 1 amide bonds. The summed E-state index contributed by atoms with van der Waals surface area (Å²) in [6, 6.07) is 9.34. The van der Waals surface area contributed by atoms with Crippen molar-refractivity contribution in [2.45, 2.75) is 37.6 Å². The first-order valence-corrected chi connectivity index (χ1v) is 11.0. The maximum absolute atomic E-state index is 13.1. The molecule has 0 radical (unpaired) electrons. The number of benzene rings is 1. The summed E-state index contributed by atoms with van der Waals surface area (Å²) in [7, 11) is 3.98. The number of nitrogens with one attached hydrogen (secondary N) is 1. The minimum absolute atomic E-state index is 0.115. The van der Waals surface area contributed by atoms with Gasteiger partial charge in [-0.2, -0.15) is 5.10 Å². The van der Waals surface area contributed by atoms with E-state index in [4.69, 9.17) is 11.6 Å². The maximum Gasteiger partial charge on any atom is 0.255 e. The molecule has 0 aliphatic heterocycles. The summed E-state index contributed by atoms with van der Waals surface area (Å²) >= 11 is 7.58. The first kappa shape index (κ1) is 22.3. The lowest BCUT2D eigenvalue weighted by Crippen LogP contribution is -2.29. The van der Waals surface area contributed by atoms with Crippen LogP contribution in [-0.4, -0.2) is 39.1 Å². The van der Waals surface area contributed by atoms with Gasteiger partial charge in [-0.1, -0.05) is 24.9 Å². The van der Waals surface area contributed by atoms with Crippen molar-refractivity contribution in [2.24, 2.45) is 0 Å². The molecule has 0 fully saturated rings. The number of halogens is 1. The Bertz CT molecular complexity index is 1000. The zero-order valence-corrected chi connectivity index (χ0v) is 19.2. The molecule has 0 bridgehead atoms. The molecule has 6 nitrogen and oxygen atoms in total. The molecule has 0 aliphatic rings. The van der Waals surface area contributed by atoms with E-state index < -0.39 is 0 Å². The van der Waals surface area contributed by atoms with Crippen LogP contribution in [0.25, 0.3) is 5.69 Å². The Balaban J connectivity index is 1.81. The number of amides is 1. The Hall–Kier alpha value is -2.35. The Morgan fingerprint density at radius 2 is 1.97 bits per heavy atom. The third-order valence-corrected chi connectivity index (χ3v) is 5.68. The molecule has 3 aromatic rings. The van der Waals surface area contributed by atoms with Gasteiger partial charge in [-0.25, -0.2) is 4.68 Å². The van der Waals surface area contributed by atoms with Gasteiger partial charge in [-0.05, 0) is 75.3 Å². The number of hydrogen-bond acceptors (Lipinski definition) is 5. The van der Waals surface area contributed by atoms with Crippen LogP contribution in [0, 0.1) is 6.92 Å². The molecule has 1 atom stereocenters. The lowest BCUT2D eigenvalue weighted by molar-refractivity contribution is 0.0933. The third-order valence-electron chi connectivity index (χ3n) is 4.63. The molecule has 2 heterocycles.